The zero-order valence-electron chi connectivity index (χ0n) is 16.5. The van der Waals surface area contributed by atoms with Crippen molar-refractivity contribution < 1.29 is 36.8 Å². The molecule has 1 aliphatic rings. The van der Waals surface area contributed by atoms with Crippen LogP contribution in [-0.2, 0) is 10.9 Å². The van der Waals surface area contributed by atoms with Crippen LogP contribution in [-0.4, -0.2) is 46.6 Å². The van der Waals surface area contributed by atoms with Crippen molar-refractivity contribution in [2.75, 3.05) is 13.1 Å². The van der Waals surface area contributed by atoms with Crippen molar-refractivity contribution in [2.24, 2.45) is 0 Å². The van der Waals surface area contributed by atoms with E-state index in [1.165, 1.54) is 0 Å². The predicted octanol–water partition coefficient (Wildman–Crippen LogP) is 3.88. The summed E-state index contributed by atoms with van der Waals surface area (Å²) in [4.78, 5) is 35.4. The molecule has 12 heteroatoms. The largest absolute Gasteiger partial charge is 0.444 e. The van der Waals surface area contributed by atoms with Gasteiger partial charge in [0.2, 0.25) is 5.82 Å². The Morgan fingerprint density at radius 1 is 1.27 bits per heavy atom. The smallest absolute Gasteiger partial charge is 0.419 e. The first-order valence-corrected chi connectivity index (χ1v) is 9.03. The van der Waals surface area contributed by atoms with Crippen molar-refractivity contribution >= 4 is 17.7 Å². The minimum Gasteiger partial charge on any atom is -0.444 e. The molecule has 0 spiro atoms. The van der Waals surface area contributed by atoms with Gasteiger partial charge in [-0.1, -0.05) is 0 Å². The van der Waals surface area contributed by atoms with Gasteiger partial charge in [-0.2, -0.15) is 17.6 Å². The van der Waals surface area contributed by atoms with Gasteiger partial charge in [0.25, 0.3) is 5.91 Å². The summed E-state index contributed by atoms with van der Waals surface area (Å²) in [6, 6.07) is 0.225. The highest BCUT2D eigenvalue weighted by atomic mass is 19.4. The molecule has 1 saturated heterocycles. The molecule has 2 rings (SSSR count). The standard InChI is InChI=1S/C18H21F4N3O5/c1-17(2,3)30-16(27)23-11-5-4-6-24(9-11)15(26)10-7-12(18(20,21)22)14(19)13(8-10)25(28)29/h7-8,11H,4-6,9H2,1-3H3,(H,23,27). The summed E-state index contributed by atoms with van der Waals surface area (Å²) in [6.45, 7) is 5.14. The first-order chi connectivity index (χ1) is 13.7. The summed E-state index contributed by atoms with van der Waals surface area (Å²) in [5.41, 5.74) is -4.72. The van der Waals surface area contributed by atoms with Crippen LogP contribution in [0, 0.1) is 15.9 Å². The highest BCUT2D eigenvalue weighted by Gasteiger charge is 2.39. The van der Waals surface area contributed by atoms with Crippen molar-refractivity contribution in [1.82, 2.24) is 10.2 Å². The first-order valence-electron chi connectivity index (χ1n) is 9.03. The second-order valence-electron chi connectivity index (χ2n) is 7.85. The van der Waals surface area contributed by atoms with Crippen molar-refractivity contribution in [2.45, 2.75) is 51.4 Å². The summed E-state index contributed by atoms with van der Waals surface area (Å²) >= 11 is 0. The van der Waals surface area contributed by atoms with Gasteiger partial charge in [0.05, 0.1) is 10.5 Å². The fourth-order valence-electron chi connectivity index (χ4n) is 3.01. The zero-order chi connectivity index (χ0) is 22.9. The molecule has 1 aromatic carbocycles. The topological polar surface area (TPSA) is 102 Å². The molecule has 0 bridgehead atoms. The SMILES string of the molecule is CC(C)(C)OC(=O)NC1CCCN(C(=O)c2cc([N+](=O)[O-])c(F)c(C(F)(F)F)c2)C1. The van der Waals surface area contributed by atoms with E-state index in [2.05, 4.69) is 5.32 Å². The Hall–Kier alpha value is -2.92. The molecule has 0 radical (unpaired) electrons. The van der Waals surface area contributed by atoms with E-state index in [1.54, 1.807) is 20.8 Å². The molecule has 2 amide bonds. The number of carbonyl (C=O) groups is 2. The summed E-state index contributed by atoms with van der Waals surface area (Å²) < 4.78 is 58.2. The van der Waals surface area contributed by atoms with Crippen LogP contribution >= 0.6 is 0 Å². The molecular formula is C18H21F4N3O5. The van der Waals surface area contributed by atoms with Crippen LogP contribution in [0.3, 0.4) is 0 Å². The van der Waals surface area contributed by atoms with Crippen LogP contribution in [0.25, 0.3) is 0 Å². The number of benzene rings is 1. The molecule has 30 heavy (non-hydrogen) atoms. The number of piperidine rings is 1. The van der Waals surface area contributed by atoms with Gasteiger partial charge in [0.15, 0.2) is 0 Å². The lowest BCUT2D eigenvalue weighted by Crippen LogP contribution is -2.50. The summed E-state index contributed by atoms with van der Waals surface area (Å²) in [5.74, 6) is -2.98. The molecule has 0 aromatic heterocycles. The van der Waals surface area contributed by atoms with E-state index in [9.17, 15) is 37.3 Å². The second-order valence-corrected chi connectivity index (χ2v) is 7.85. The number of nitro groups is 1. The van der Waals surface area contributed by atoms with E-state index in [0.29, 0.717) is 18.9 Å². The molecular weight excluding hydrogens is 414 g/mol. The maximum absolute atomic E-state index is 13.9. The second kappa shape index (κ2) is 8.44. The van der Waals surface area contributed by atoms with Crippen molar-refractivity contribution in [3.05, 3.63) is 39.2 Å². The quantitative estimate of drug-likeness (QED) is 0.441. The number of nitro benzene ring substituents is 1. The molecule has 0 aliphatic carbocycles. The number of amides is 2. The number of likely N-dealkylation sites (tertiary alicyclic amines) is 1. The lowest BCUT2D eigenvalue weighted by atomic mass is 10.0. The van der Waals surface area contributed by atoms with Crippen LogP contribution in [0.1, 0.15) is 49.5 Å². The van der Waals surface area contributed by atoms with Gasteiger partial charge in [0, 0.05) is 30.8 Å². The Morgan fingerprint density at radius 2 is 1.90 bits per heavy atom. The molecule has 8 nitrogen and oxygen atoms in total. The Kier molecular flexibility index (Phi) is 6.57. The van der Waals surface area contributed by atoms with E-state index in [-0.39, 0.29) is 19.2 Å². The number of ether oxygens (including phenoxy) is 1. The third kappa shape index (κ3) is 5.80. The number of carbonyl (C=O) groups excluding carboxylic acids is 2. The minimum atomic E-state index is -5.21. The Balaban J connectivity index is 2.24. The Bertz CT molecular complexity index is 851. The van der Waals surface area contributed by atoms with E-state index >= 15 is 0 Å². The maximum Gasteiger partial charge on any atom is 0.419 e. The molecule has 166 valence electrons. The number of nitrogens with one attached hydrogen (secondary N) is 1. The van der Waals surface area contributed by atoms with Gasteiger partial charge in [0.1, 0.15) is 5.60 Å². The molecule has 1 fully saturated rings. The van der Waals surface area contributed by atoms with Gasteiger partial charge in [-0.3, -0.25) is 14.9 Å². The number of rotatable bonds is 3. The summed E-state index contributed by atoms with van der Waals surface area (Å²) in [5, 5.41) is 13.5. The number of halogens is 4. The average Bonchev–Trinajstić information content (AvgIpc) is 2.58. The molecule has 1 heterocycles. The molecule has 0 saturated carbocycles. The van der Waals surface area contributed by atoms with Crippen LogP contribution in [0.2, 0.25) is 0 Å². The number of nitrogens with zero attached hydrogens (tertiary/aromatic N) is 2. The third-order valence-electron chi connectivity index (χ3n) is 4.23. The fourth-order valence-corrected chi connectivity index (χ4v) is 3.01. The summed E-state index contributed by atoms with van der Waals surface area (Å²) in [7, 11) is 0. The third-order valence-corrected chi connectivity index (χ3v) is 4.23. The average molecular weight is 435 g/mol. The van der Waals surface area contributed by atoms with Gasteiger partial charge < -0.3 is 15.0 Å². The maximum atomic E-state index is 13.9. The first kappa shape index (κ1) is 23.4. The van der Waals surface area contributed by atoms with E-state index in [1.807, 2.05) is 0 Å². The van der Waals surface area contributed by atoms with Crippen molar-refractivity contribution in [1.29, 1.82) is 0 Å². The highest BCUT2D eigenvalue weighted by molar-refractivity contribution is 5.95. The van der Waals surface area contributed by atoms with Crippen LogP contribution in [0.15, 0.2) is 12.1 Å². The molecule has 1 unspecified atom stereocenters. The lowest BCUT2D eigenvalue weighted by molar-refractivity contribution is -0.387. The fraction of sp³-hybridized carbons (Fsp3) is 0.556. The number of alkyl carbamates (subject to hydrolysis) is 1. The molecule has 1 atom stereocenters. The number of hydrogen-bond donors (Lipinski definition) is 1. The van der Waals surface area contributed by atoms with Gasteiger partial charge in [-0.15, -0.1) is 0 Å². The van der Waals surface area contributed by atoms with Crippen LogP contribution in [0.4, 0.5) is 28.0 Å². The highest BCUT2D eigenvalue weighted by Crippen LogP contribution is 2.36. The zero-order valence-corrected chi connectivity index (χ0v) is 16.5. The molecule has 1 N–H and O–H groups in total. The minimum absolute atomic E-state index is 0.0371. The Morgan fingerprint density at radius 3 is 2.43 bits per heavy atom. The van der Waals surface area contributed by atoms with Crippen molar-refractivity contribution in [3.8, 4) is 0 Å². The van der Waals surface area contributed by atoms with Crippen LogP contribution in [0.5, 0.6) is 0 Å². The van der Waals surface area contributed by atoms with Gasteiger partial charge in [-0.05, 0) is 39.7 Å². The summed E-state index contributed by atoms with van der Waals surface area (Å²) in [6.07, 6.45) is -4.99. The van der Waals surface area contributed by atoms with Gasteiger partial charge in [-0.25, -0.2) is 4.79 Å². The van der Waals surface area contributed by atoms with E-state index in [0.717, 1.165) is 4.90 Å². The monoisotopic (exact) mass is 435 g/mol. The van der Waals surface area contributed by atoms with E-state index in [4.69, 9.17) is 4.74 Å². The molecule has 1 aromatic rings. The normalized spacial score (nSPS) is 17.4. The number of hydrogen-bond acceptors (Lipinski definition) is 5. The lowest BCUT2D eigenvalue weighted by Gasteiger charge is -2.33. The predicted molar refractivity (Wildman–Crippen MR) is 96.4 cm³/mol. The molecule has 1 aliphatic heterocycles. The van der Waals surface area contributed by atoms with Gasteiger partial charge >= 0.3 is 18.0 Å². The van der Waals surface area contributed by atoms with Crippen molar-refractivity contribution in [3.63, 3.8) is 0 Å². The Labute approximate surface area is 169 Å². The number of alkyl halides is 3. The van der Waals surface area contributed by atoms with Crippen LogP contribution < -0.4 is 5.32 Å². The van der Waals surface area contributed by atoms with E-state index < -0.39 is 57.4 Å².